The minimum absolute atomic E-state index is 0.0290. The van der Waals surface area contributed by atoms with Gasteiger partial charge in [0.2, 0.25) is 5.91 Å². The number of aryl methyl sites for hydroxylation is 1. The van der Waals surface area contributed by atoms with Crippen molar-refractivity contribution in [1.29, 1.82) is 0 Å². The molecule has 1 aliphatic heterocycles. The van der Waals surface area contributed by atoms with Crippen molar-refractivity contribution in [2.24, 2.45) is 0 Å². The zero-order valence-electron chi connectivity index (χ0n) is 11.1. The summed E-state index contributed by atoms with van der Waals surface area (Å²) in [5, 5.41) is 12.5. The molecule has 1 fully saturated rings. The molecule has 1 unspecified atom stereocenters. The van der Waals surface area contributed by atoms with Gasteiger partial charge in [-0.1, -0.05) is 6.07 Å². The van der Waals surface area contributed by atoms with Crippen LogP contribution >= 0.6 is 0 Å². The van der Waals surface area contributed by atoms with Crippen LogP contribution < -0.4 is 5.32 Å². The first kappa shape index (κ1) is 13.4. The molecule has 5 nitrogen and oxygen atoms in total. The Morgan fingerprint density at radius 1 is 1.47 bits per heavy atom. The Morgan fingerprint density at radius 2 is 2.21 bits per heavy atom. The molecule has 0 spiro atoms. The second kappa shape index (κ2) is 5.30. The van der Waals surface area contributed by atoms with Crippen molar-refractivity contribution < 1.29 is 14.7 Å². The van der Waals surface area contributed by atoms with E-state index in [2.05, 4.69) is 5.32 Å². The minimum atomic E-state index is -0.219. The van der Waals surface area contributed by atoms with Crippen molar-refractivity contribution in [3.63, 3.8) is 0 Å². The number of piperidine rings is 1. The molecule has 0 aliphatic carbocycles. The van der Waals surface area contributed by atoms with Crippen LogP contribution in [0.5, 0.6) is 5.75 Å². The number of hydrogen-bond acceptors (Lipinski definition) is 3. The Hall–Kier alpha value is -2.04. The number of aromatic hydroxyl groups is 1. The highest BCUT2D eigenvalue weighted by Crippen LogP contribution is 2.18. The largest absolute Gasteiger partial charge is 0.508 e. The van der Waals surface area contributed by atoms with Crippen LogP contribution in [0.4, 0.5) is 0 Å². The zero-order valence-corrected chi connectivity index (χ0v) is 11.1. The molecule has 2 N–H and O–H groups in total. The van der Waals surface area contributed by atoms with E-state index in [1.807, 2.05) is 0 Å². The van der Waals surface area contributed by atoms with Gasteiger partial charge >= 0.3 is 0 Å². The summed E-state index contributed by atoms with van der Waals surface area (Å²) in [6, 6.07) is 4.82. The first-order chi connectivity index (χ1) is 8.97. The molecule has 1 aromatic rings. The third-order valence-electron chi connectivity index (χ3n) is 3.43. The molecule has 0 radical (unpaired) electrons. The summed E-state index contributed by atoms with van der Waals surface area (Å²) in [5.41, 5.74) is 1.17. The molecule has 0 aromatic heterocycles. The molecular formula is C14H18N2O3. The van der Waals surface area contributed by atoms with Gasteiger partial charge in [0.05, 0.1) is 0 Å². The molecule has 0 bridgehead atoms. The monoisotopic (exact) mass is 262 g/mol. The number of hydrogen-bond donors (Lipinski definition) is 2. The second-order valence-corrected chi connectivity index (χ2v) is 4.98. The number of amides is 2. The van der Waals surface area contributed by atoms with Crippen LogP contribution in [0, 0.1) is 6.92 Å². The van der Waals surface area contributed by atoms with E-state index in [0.29, 0.717) is 24.9 Å². The Bertz CT molecular complexity index is 513. The maximum atomic E-state index is 12.0. The van der Waals surface area contributed by atoms with Crippen molar-refractivity contribution in [3.05, 3.63) is 29.3 Å². The summed E-state index contributed by atoms with van der Waals surface area (Å²) in [6.45, 7) is 2.31. The van der Waals surface area contributed by atoms with Crippen LogP contribution in [0.15, 0.2) is 18.2 Å². The predicted molar refractivity (Wildman–Crippen MR) is 71.0 cm³/mol. The van der Waals surface area contributed by atoms with Crippen LogP contribution in [0.25, 0.3) is 0 Å². The van der Waals surface area contributed by atoms with Gasteiger partial charge in [0, 0.05) is 31.6 Å². The Balaban J connectivity index is 2.01. The third-order valence-corrected chi connectivity index (χ3v) is 3.43. The number of carbonyl (C=O) groups is 2. The molecule has 1 saturated heterocycles. The summed E-state index contributed by atoms with van der Waals surface area (Å²) in [5.74, 6) is 0.00474. The highest BCUT2D eigenvalue weighted by molar-refractivity contribution is 5.95. The minimum Gasteiger partial charge on any atom is -0.508 e. The Morgan fingerprint density at radius 3 is 2.84 bits per heavy atom. The molecule has 19 heavy (non-hydrogen) atoms. The lowest BCUT2D eigenvalue weighted by Gasteiger charge is -2.30. The van der Waals surface area contributed by atoms with E-state index in [1.165, 1.54) is 6.07 Å². The number of carbonyl (C=O) groups excluding carboxylic acids is 2. The van der Waals surface area contributed by atoms with Crippen molar-refractivity contribution in [1.82, 2.24) is 10.2 Å². The first-order valence-electron chi connectivity index (χ1n) is 6.32. The number of phenolic OH excluding ortho intramolecular Hbond substituents is 1. The van der Waals surface area contributed by atoms with Crippen molar-refractivity contribution in [3.8, 4) is 5.75 Å². The van der Waals surface area contributed by atoms with Gasteiger partial charge in [-0.05, 0) is 31.0 Å². The van der Waals surface area contributed by atoms with Gasteiger partial charge < -0.3 is 15.3 Å². The van der Waals surface area contributed by atoms with Gasteiger partial charge in [0.25, 0.3) is 5.91 Å². The summed E-state index contributed by atoms with van der Waals surface area (Å²) >= 11 is 0. The number of nitrogens with one attached hydrogen (secondary N) is 1. The third kappa shape index (κ3) is 3.05. The standard InChI is InChI=1S/C14H18N2O3/c1-9-3-4-10(7-12(9)17)14(19)15-11-5-6-13(18)16(2)8-11/h3-4,7,11,17H,5-6,8H2,1-2H3,(H,15,19). The van der Waals surface area contributed by atoms with Crippen LogP contribution in [0.1, 0.15) is 28.8 Å². The molecule has 1 atom stereocenters. The van der Waals surface area contributed by atoms with Crippen LogP contribution in [0.3, 0.4) is 0 Å². The summed E-state index contributed by atoms with van der Waals surface area (Å²) in [4.78, 5) is 25.0. The maximum absolute atomic E-state index is 12.0. The van der Waals surface area contributed by atoms with Crippen molar-refractivity contribution in [2.75, 3.05) is 13.6 Å². The van der Waals surface area contributed by atoms with Crippen LogP contribution in [-0.2, 0) is 4.79 Å². The fraction of sp³-hybridized carbons (Fsp3) is 0.429. The Kier molecular flexibility index (Phi) is 3.74. The number of benzene rings is 1. The van der Waals surface area contributed by atoms with E-state index in [1.54, 1.807) is 31.0 Å². The number of rotatable bonds is 2. The normalized spacial score (nSPS) is 19.4. The number of nitrogens with zero attached hydrogens (tertiary/aromatic N) is 1. The fourth-order valence-corrected chi connectivity index (χ4v) is 2.15. The Labute approximate surface area is 112 Å². The van der Waals surface area contributed by atoms with Gasteiger partial charge in [-0.3, -0.25) is 9.59 Å². The van der Waals surface area contributed by atoms with Crippen LogP contribution in [-0.4, -0.2) is 41.5 Å². The summed E-state index contributed by atoms with van der Waals surface area (Å²) in [7, 11) is 1.73. The van der Waals surface area contributed by atoms with E-state index < -0.39 is 0 Å². The molecule has 2 amide bonds. The average Bonchev–Trinajstić information content (AvgIpc) is 2.37. The molecule has 0 saturated carbocycles. The second-order valence-electron chi connectivity index (χ2n) is 4.98. The lowest BCUT2D eigenvalue weighted by Crippen LogP contribution is -2.48. The summed E-state index contributed by atoms with van der Waals surface area (Å²) in [6.07, 6.45) is 1.12. The van der Waals surface area contributed by atoms with E-state index in [9.17, 15) is 14.7 Å². The smallest absolute Gasteiger partial charge is 0.251 e. The molecule has 1 heterocycles. The number of likely N-dealkylation sites (N-methyl/N-ethyl adjacent to an activating group) is 1. The number of likely N-dealkylation sites (tertiary alicyclic amines) is 1. The lowest BCUT2D eigenvalue weighted by molar-refractivity contribution is -0.132. The molecule has 1 aromatic carbocycles. The molecule has 102 valence electrons. The van der Waals surface area contributed by atoms with E-state index in [-0.39, 0.29) is 23.6 Å². The van der Waals surface area contributed by atoms with E-state index in [4.69, 9.17) is 0 Å². The van der Waals surface area contributed by atoms with Gasteiger partial charge in [-0.2, -0.15) is 0 Å². The topological polar surface area (TPSA) is 69.6 Å². The average molecular weight is 262 g/mol. The first-order valence-corrected chi connectivity index (χ1v) is 6.32. The summed E-state index contributed by atoms with van der Waals surface area (Å²) < 4.78 is 0. The van der Waals surface area contributed by atoms with E-state index >= 15 is 0 Å². The molecule has 2 rings (SSSR count). The molecule has 5 heteroatoms. The van der Waals surface area contributed by atoms with E-state index in [0.717, 1.165) is 5.56 Å². The van der Waals surface area contributed by atoms with Gasteiger partial charge in [0.15, 0.2) is 0 Å². The maximum Gasteiger partial charge on any atom is 0.251 e. The lowest BCUT2D eigenvalue weighted by atomic mass is 10.0. The van der Waals surface area contributed by atoms with Gasteiger partial charge in [-0.25, -0.2) is 0 Å². The quantitative estimate of drug-likeness (QED) is 0.837. The highest BCUT2D eigenvalue weighted by atomic mass is 16.3. The highest BCUT2D eigenvalue weighted by Gasteiger charge is 2.24. The predicted octanol–water partition coefficient (Wildman–Crippen LogP) is 1.05. The van der Waals surface area contributed by atoms with Crippen LogP contribution in [0.2, 0.25) is 0 Å². The van der Waals surface area contributed by atoms with Gasteiger partial charge in [0.1, 0.15) is 5.75 Å². The molecule has 1 aliphatic rings. The van der Waals surface area contributed by atoms with Gasteiger partial charge in [-0.15, -0.1) is 0 Å². The SMILES string of the molecule is Cc1ccc(C(=O)NC2CCC(=O)N(C)C2)cc1O. The van der Waals surface area contributed by atoms with Crippen molar-refractivity contribution in [2.45, 2.75) is 25.8 Å². The molecular weight excluding hydrogens is 244 g/mol. The number of phenols is 1. The fourth-order valence-electron chi connectivity index (χ4n) is 2.15. The van der Waals surface area contributed by atoms with Crippen molar-refractivity contribution >= 4 is 11.8 Å². The zero-order chi connectivity index (χ0) is 14.0.